The van der Waals surface area contributed by atoms with Crippen LogP contribution in [0.3, 0.4) is 0 Å². The zero-order valence-electron chi connectivity index (χ0n) is 1.43. The Bertz CT molecular complexity index is 8.00. The standard InChI is InChI=1S/N.O.H4Si.Y/h;;1H4;. The summed E-state index contributed by atoms with van der Waals surface area (Å²) in [5, 5.41) is 0. The van der Waals surface area contributed by atoms with E-state index in [1.165, 1.54) is 0 Å². The van der Waals surface area contributed by atoms with E-state index in [4.69, 9.17) is 0 Å². The minimum Gasteiger partial charge on any atom is -0.0149 e. The van der Waals surface area contributed by atoms with Crippen molar-refractivity contribution in [1.82, 2.24) is 6.15 Å². The summed E-state index contributed by atoms with van der Waals surface area (Å²) in [5.74, 6) is 0. The third-order valence-corrected chi connectivity index (χ3v) is 0. The predicted molar refractivity (Wildman–Crippen MR) is 14.2 cm³/mol. The second-order valence-electron chi connectivity index (χ2n) is 0. The van der Waals surface area contributed by atoms with E-state index < -0.39 is 0 Å². The molecule has 0 amide bonds. The van der Waals surface area contributed by atoms with E-state index in [-0.39, 0.29) is 55.3 Å². The molecular formula is H4NOSiY. The van der Waals surface area contributed by atoms with Gasteiger partial charge in [-0.2, -0.15) is 0 Å². The Kier molecular flexibility index (Phi) is 443. The fourth-order valence-electron chi connectivity index (χ4n) is 0. The molecule has 0 spiro atoms. The zero-order chi connectivity index (χ0) is 0. The molecule has 0 saturated heterocycles. The molecule has 0 fully saturated rings. The van der Waals surface area contributed by atoms with Gasteiger partial charge in [-0.15, -0.1) is 0 Å². The maximum absolute atomic E-state index is 0. The zero-order valence-corrected chi connectivity index (χ0v) is 4.27. The number of hydrogen-bond acceptors (Lipinski definition) is 0. The van der Waals surface area contributed by atoms with Crippen LogP contribution in [0.2, 0.25) is 0 Å². The topological polar surface area (TPSA) is 59.0 Å². The van der Waals surface area contributed by atoms with E-state index in [1.807, 2.05) is 0 Å². The SMILES string of the molecule is [N].[O].[SiH4].[Y]. The predicted octanol–water partition coefficient (Wildman–Crippen LogP) is -2.05. The summed E-state index contributed by atoms with van der Waals surface area (Å²) in [6, 6.07) is 0. The van der Waals surface area contributed by atoms with E-state index in [2.05, 4.69) is 0 Å². The van der Waals surface area contributed by atoms with Crippen molar-refractivity contribution in [3.63, 3.8) is 0 Å². The largest absolute Gasteiger partial charge is 0.0149 e. The van der Waals surface area contributed by atoms with Gasteiger partial charge in [-0.1, -0.05) is 0 Å². The quantitative estimate of drug-likeness (QED) is 0.358. The van der Waals surface area contributed by atoms with Crippen molar-refractivity contribution in [3.8, 4) is 0 Å². The molecule has 0 heterocycles. The van der Waals surface area contributed by atoms with Crippen molar-refractivity contribution in [2.24, 2.45) is 0 Å². The molecule has 0 N–H and O–H groups in total. The van der Waals surface area contributed by atoms with Crippen molar-refractivity contribution in [2.45, 2.75) is 0 Å². The van der Waals surface area contributed by atoms with Gasteiger partial charge in [0.05, 0.1) is 0 Å². The fraction of sp³-hybridized carbons (Fsp3) is 0. The van der Waals surface area contributed by atoms with Crippen LogP contribution in [0, 0.1) is 0 Å². The maximum atomic E-state index is 0. The summed E-state index contributed by atoms with van der Waals surface area (Å²) in [5.41, 5.74) is 0. The van der Waals surface area contributed by atoms with E-state index in [1.54, 1.807) is 0 Å². The summed E-state index contributed by atoms with van der Waals surface area (Å²) in [6.07, 6.45) is 0. The van der Waals surface area contributed by atoms with Gasteiger partial charge >= 0.3 is 0 Å². The summed E-state index contributed by atoms with van der Waals surface area (Å²) in [7, 11) is 0. The van der Waals surface area contributed by atoms with Crippen LogP contribution in [-0.2, 0) is 38.2 Å². The van der Waals surface area contributed by atoms with Gasteiger partial charge in [0.1, 0.15) is 0 Å². The molecule has 0 atom stereocenters. The Labute approximate surface area is 55.1 Å². The van der Waals surface area contributed by atoms with Crippen LogP contribution in [0.4, 0.5) is 0 Å². The molecule has 4 heavy (non-hydrogen) atoms. The van der Waals surface area contributed by atoms with Gasteiger partial charge in [-0.25, -0.2) is 0 Å². The summed E-state index contributed by atoms with van der Waals surface area (Å²) >= 11 is 0. The number of nitrogens with zero attached hydrogens (tertiary/aromatic N) is 1. The second kappa shape index (κ2) is 28.9. The summed E-state index contributed by atoms with van der Waals surface area (Å²) in [6.45, 7) is 0. The summed E-state index contributed by atoms with van der Waals surface area (Å²) in [4.78, 5) is 0. The van der Waals surface area contributed by atoms with E-state index in [0.717, 1.165) is 0 Å². The third-order valence-electron chi connectivity index (χ3n) is 0. The normalized spacial score (nSPS) is 0. The van der Waals surface area contributed by atoms with Crippen molar-refractivity contribution in [3.05, 3.63) is 0 Å². The van der Waals surface area contributed by atoms with Crippen LogP contribution in [0.15, 0.2) is 0 Å². The Morgan fingerprint density at radius 1 is 1.00 bits per heavy atom. The molecule has 0 aromatic carbocycles. The van der Waals surface area contributed by atoms with Gasteiger partial charge < -0.3 is 0 Å². The Morgan fingerprint density at radius 2 is 1.00 bits per heavy atom. The van der Waals surface area contributed by atoms with E-state index in [9.17, 15) is 0 Å². The molecule has 6 radical (unpaired) electrons. The molecule has 4 heteroatoms. The molecule has 0 aromatic heterocycles. The maximum Gasteiger partial charge on any atom is 0 e. The van der Waals surface area contributed by atoms with Gasteiger partial charge in [-0.3, -0.25) is 0 Å². The molecule has 0 bridgehead atoms. The molecule has 0 aliphatic heterocycles. The molecule has 0 aliphatic rings. The average molecular weight is 151 g/mol. The molecule has 0 saturated carbocycles. The molecule has 0 aliphatic carbocycles. The van der Waals surface area contributed by atoms with Crippen LogP contribution in [-0.4, -0.2) is 11.0 Å². The van der Waals surface area contributed by atoms with Gasteiger partial charge in [0.15, 0.2) is 0 Å². The van der Waals surface area contributed by atoms with Crippen molar-refractivity contribution in [1.29, 1.82) is 0 Å². The van der Waals surface area contributed by atoms with Crippen molar-refractivity contribution >= 4 is 11.0 Å². The first-order valence-electron chi connectivity index (χ1n) is 0. The van der Waals surface area contributed by atoms with Crippen LogP contribution < -0.4 is 6.15 Å². The monoisotopic (exact) mass is 151 g/mol. The number of rotatable bonds is 0. The van der Waals surface area contributed by atoms with Crippen LogP contribution in [0.5, 0.6) is 0 Å². The van der Waals surface area contributed by atoms with Crippen LogP contribution >= 0.6 is 0 Å². The van der Waals surface area contributed by atoms with E-state index >= 15 is 0 Å². The Balaban J connectivity index is 0. The molecular weight excluding hydrogens is 147 g/mol. The van der Waals surface area contributed by atoms with E-state index in [0.29, 0.717) is 0 Å². The minimum atomic E-state index is 0. The molecule has 0 rings (SSSR count). The van der Waals surface area contributed by atoms with Gasteiger partial charge in [0, 0.05) is 44.3 Å². The van der Waals surface area contributed by atoms with Crippen LogP contribution in [0.1, 0.15) is 0 Å². The molecule has 22 valence electrons. The average Bonchev–Trinajstić information content (AvgIpc) is 0. The Hall–Kier alpha value is 1.24. The third kappa shape index (κ3) is 10.6. The fourth-order valence-corrected chi connectivity index (χ4v) is 0. The smallest absolute Gasteiger partial charge is 0 e. The first-order chi connectivity index (χ1) is 0. The van der Waals surface area contributed by atoms with Gasteiger partial charge in [0.2, 0.25) is 0 Å². The first kappa shape index (κ1) is 61.2. The molecule has 0 aromatic rings. The number of hydrogen-bond donors (Lipinski definition) is 0. The summed E-state index contributed by atoms with van der Waals surface area (Å²) < 4.78 is 0. The van der Waals surface area contributed by atoms with Crippen molar-refractivity contribution < 1.29 is 38.2 Å². The van der Waals surface area contributed by atoms with Crippen molar-refractivity contribution in [2.75, 3.05) is 0 Å². The minimum absolute atomic E-state index is 0. The second-order valence-corrected chi connectivity index (χ2v) is 0. The van der Waals surface area contributed by atoms with Gasteiger partial charge in [0.25, 0.3) is 0 Å². The first-order valence-corrected chi connectivity index (χ1v) is 0. The molecule has 2 nitrogen and oxygen atoms in total. The molecule has 0 unspecified atom stereocenters. The Morgan fingerprint density at radius 3 is 1.00 bits per heavy atom. The van der Waals surface area contributed by atoms with Gasteiger partial charge in [-0.05, 0) is 11.0 Å². The van der Waals surface area contributed by atoms with Crippen LogP contribution in [0.25, 0.3) is 0 Å².